The minimum Gasteiger partial charge on any atom is -0.493 e. The summed E-state index contributed by atoms with van der Waals surface area (Å²) in [6, 6.07) is 16.6. The third kappa shape index (κ3) is 5.06. The highest BCUT2D eigenvalue weighted by Crippen LogP contribution is 2.40. The van der Waals surface area contributed by atoms with Gasteiger partial charge in [-0.1, -0.05) is 42.5 Å². The molecule has 7 nitrogen and oxygen atoms in total. The number of amides is 2. The minimum atomic E-state index is -1.01. The van der Waals surface area contributed by atoms with Crippen molar-refractivity contribution in [1.29, 1.82) is 0 Å². The Morgan fingerprint density at radius 2 is 1.86 bits per heavy atom. The number of methoxy groups -OCH3 is 2. The Morgan fingerprint density at radius 1 is 1.11 bits per heavy atom. The van der Waals surface area contributed by atoms with Crippen LogP contribution in [0.25, 0.3) is 16.8 Å². The van der Waals surface area contributed by atoms with E-state index in [4.69, 9.17) is 9.47 Å². The quantitative estimate of drug-likeness (QED) is 0.269. The molecule has 0 spiro atoms. The van der Waals surface area contributed by atoms with E-state index in [9.17, 15) is 14.4 Å². The number of hydrogen-bond donors (Lipinski definition) is 0. The molecule has 2 amide bonds. The Labute approximate surface area is 215 Å². The van der Waals surface area contributed by atoms with E-state index in [1.165, 1.54) is 21.1 Å². The van der Waals surface area contributed by atoms with E-state index in [-0.39, 0.29) is 4.91 Å². The smallest absolute Gasteiger partial charge is 0.328 e. The summed E-state index contributed by atoms with van der Waals surface area (Å²) < 4.78 is 17.0. The molecular weight excluding hydrogens is 534 g/mol. The fourth-order valence-corrected chi connectivity index (χ4v) is 5.25. The van der Waals surface area contributed by atoms with E-state index in [0.717, 1.165) is 33.0 Å². The van der Waals surface area contributed by atoms with E-state index in [0.29, 0.717) is 28.1 Å². The number of halogens is 1. The van der Waals surface area contributed by atoms with Gasteiger partial charge in [0.15, 0.2) is 11.5 Å². The lowest BCUT2D eigenvalue weighted by atomic mass is 10.1. The summed E-state index contributed by atoms with van der Waals surface area (Å²) in [5.74, 6) is -0.229. The first-order chi connectivity index (χ1) is 16.8. The van der Waals surface area contributed by atoms with E-state index in [2.05, 4.69) is 38.9 Å². The summed E-state index contributed by atoms with van der Waals surface area (Å²) in [6.45, 7) is 1.78. The number of esters is 1. The second-order valence-electron chi connectivity index (χ2n) is 7.71. The van der Waals surface area contributed by atoms with Crippen LogP contribution in [0.3, 0.4) is 0 Å². The Morgan fingerprint density at radius 3 is 2.60 bits per heavy atom. The van der Waals surface area contributed by atoms with E-state index >= 15 is 0 Å². The van der Waals surface area contributed by atoms with Crippen molar-refractivity contribution >= 4 is 61.7 Å². The molecule has 180 valence electrons. The molecule has 9 heteroatoms. The molecule has 1 heterocycles. The molecular formula is C26H22BrNO6S. The molecule has 0 unspecified atom stereocenters. The van der Waals surface area contributed by atoms with Crippen molar-refractivity contribution in [3.63, 3.8) is 0 Å². The lowest BCUT2D eigenvalue weighted by Crippen LogP contribution is -2.42. The average Bonchev–Trinajstić information content (AvgIpc) is 3.14. The number of carbonyl (C=O) groups is 3. The van der Waals surface area contributed by atoms with Gasteiger partial charge >= 0.3 is 5.97 Å². The zero-order valence-electron chi connectivity index (χ0n) is 19.2. The van der Waals surface area contributed by atoms with Crippen LogP contribution < -0.4 is 9.47 Å². The molecule has 0 saturated carbocycles. The van der Waals surface area contributed by atoms with Gasteiger partial charge in [0.25, 0.3) is 11.1 Å². The van der Waals surface area contributed by atoms with Gasteiger partial charge in [-0.3, -0.25) is 14.5 Å². The van der Waals surface area contributed by atoms with Crippen molar-refractivity contribution in [2.45, 2.75) is 19.6 Å². The van der Waals surface area contributed by atoms with Crippen molar-refractivity contribution < 1.29 is 28.6 Å². The van der Waals surface area contributed by atoms with Gasteiger partial charge in [0.05, 0.1) is 23.6 Å². The summed E-state index contributed by atoms with van der Waals surface area (Å²) in [5, 5.41) is 1.71. The molecule has 1 atom stereocenters. The first-order valence-electron chi connectivity index (χ1n) is 10.7. The summed E-state index contributed by atoms with van der Waals surface area (Å²) in [5.41, 5.74) is 1.66. The van der Waals surface area contributed by atoms with Crippen LogP contribution in [0.4, 0.5) is 4.79 Å². The Bertz CT molecular complexity index is 1350. The number of nitrogens with zero attached hydrogens (tertiary/aromatic N) is 1. The van der Waals surface area contributed by atoms with Crippen LogP contribution >= 0.6 is 27.7 Å². The zero-order chi connectivity index (χ0) is 25.1. The molecule has 35 heavy (non-hydrogen) atoms. The van der Waals surface area contributed by atoms with Crippen LogP contribution in [0.15, 0.2) is 64.0 Å². The summed E-state index contributed by atoms with van der Waals surface area (Å²) in [4.78, 5) is 38.1. The number of thioether (sulfide) groups is 1. The van der Waals surface area contributed by atoms with Crippen LogP contribution in [0.1, 0.15) is 18.1 Å². The van der Waals surface area contributed by atoms with Crippen molar-refractivity contribution in [3.05, 3.63) is 75.1 Å². The standard InChI is InChI=1S/C26H22BrNO6S/c1-15(25(30)33-3)28-24(29)22(35-26(28)31)13-16-11-20(27)23(21(12-16)32-2)34-14-18-9-6-8-17-7-4-5-10-19(17)18/h4-13,15H,14H2,1-3H3/b22-13-/t15-/m0/s1. The van der Waals surface area contributed by atoms with Crippen LogP contribution in [0.5, 0.6) is 11.5 Å². The largest absolute Gasteiger partial charge is 0.493 e. The van der Waals surface area contributed by atoms with Crippen molar-refractivity contribution in [3.8, 4) is 11.5 Å². The van der Waals surface area contributed by atoms with Crippen LogP contribution in [-0.4, -0.2) is 42.3 Å². The van der Waals surface area contributed by atoms with Gasteiger partial charge in [-0.25, -0.2) is 4.79 Å². The fraction of sp³-hybridized carbons (Fsp3) is 0.192. The lowest BCUT2D eigenvalue weighted by Gasteiger charge is -2.18. The number of ether oxygens (including phenoxy) is 3. The van der Waals surface area contributed by atoms with Gasteiger partial charge in [-0.2, -0.15) is 0 Å². The van der Waals surface area contributed by atoms with Gasteiger partial charge in [0, 0.05) is 0 Å². The van der Waals surface area contributed by atoms with Gasteiger partial charge in [-0.05, 0) is 74.7 Å². The summed E-state index contributed by atoms with van der Waals surface area (Å²) in [6.07, 6.45) is 1.58. The molecule has 0 aliphatic carbocycles. The molecule has 1 aliphatic heterocycles. The van der Waals surface area contributed by atoms with Crippen molar-refractivity contribution in [2.75, 3.05) is 14.2 Å². The topological polar surface area (TPSA) is 82.1 Å². The Hall–Kier alpha value is -3.30. The molecule has 1 aliphatic rings. The van der Waals surface area contributed by atoms with Crippen LogP contribution in [0.2, 0.25) is 0 Å². The number of carbonyl (C=O) groups excluding carboxylic acids is 3. The monoisotopic (exact) mass is 555 g/mol. The van der Waals surface area contributed by atoms with Gasteiger partial charge < -0.3 is 14.2 Å². The number of fused-ring (bicyclic) bond motifs is 1. The SMILES string of the molecule is COC(=O)[C@H](C)N1C(=O)S/C(=C\c2cc(Br)c(OCc3cccc4ccccc34)c(OC)c2)C1=O. The second kappa shape index (κ2) is 10.5. The fourth-order valence-electron chi connectivity index (χ4n) is 3.77. The number of hydrogen-bond acceptors (Lipinski definition) is 7. The third-order valence-electron chi connectivity index (χ3n) is 5.55. The van der Waals surface area contributed by atoms with E-state index in [1.807, 2.05) is 24.3 Å². The van der Waals surface area contributed by atoms with Crippen LogP contribution in [0, 0.1) is 0 Å². The predicted octanol–water partition coefficient (Wildman–Crippen LogP) is 5.79. The zero-order valence-corrected chi connectivity index (χ0v) is 21.6. The highest BCUT2D eigenvalue weighted by atomic mass is 79.9. The molecule has 3 aromatic carbocycles. The number of imide groups is 1. The molecule has 0 bridgehead atoms. The molecule has 0 aromatic heterocycles. The van der Waals surface area contributed by atoms with E-state index in [1.54, 1.807) is 18.2 Å². The number of rotatable bonds is 7. The maximum absolute atomic E-state index is 12.8. The molecule has 3 aromatic rings. The maximum atomic E-state index is 12.8. The van der Waals surface area contributed by atoms with Crippen molar-refractivity contribution in [2.24, 2.45) is 0 Å². The summed E-state index contributed by atoms with van der Waals surface area (Å²) in [7, 11) is 2.74. The summed E-state index contributed by atoms with van der Waals surface area (Å²) >= 11 is 4.31. The highest BCUT2D eigenvalue weighted by Gasteiger charge is 2.41. The second-order valence-corrected chi connectivity index (χ2v) is 9.56. The maximum Gasteiger partial charge on any atom is 0.328 e. The van der Waals surface area contributed by atoms with E-state index < -0.39 is 23.2 Å². The van der Waals surface area contributed by atoms with Gasteiger partial charge in [0.1, 0.15) is 12.6 Å². The third-order valence-corrected chi connectivity index (χ3v) is 7.03. The molecule has 0 N–H and O–H groups in total. The highest BCUT2D eigenvalue weighted by molar-refractivity contribution is 9.10. The molecule has 1 saturated heterocycles. The minimum absolute atomic E-state index is 0.198. The molecule has 4 rings (SSSR count). The average molecular weight is 556 g/mol. The predicted molar refractivity (Wildman–Crippen MR) is 138 cm³/mol. The first-order valence-corrected chi connectivity index (χ1v) is 12.3. The van der Waals surface area contributed by atoms with Crippen molar-refractivity contribution in [1.82, 2.24) is 4.90 Å². The van der Waals surface area contributed by atoms with Gasteiger partial charge in [0.2, 0.25) is 0 Å². The Balaban J connectivity index is 1.58. The van der Waals surface area contributed by atoms with Crippen LogP contribution in [-0.2, 0) is 20.9 Å². The normalized spacial score (nSPS) is 15.5. The lowest BCUT2D eigenvalue weighted by molar-refractivity contribution is -0.148. The Kier molecular flexibility index (Phi) is 7.47. The molecule has 0 radical (unpaired) electrons. The first kappa shape index (κ1) is 24.8. The number of benzene rings is 3. The molecule has 1 fully saturated rings. The van der Waals surface area contributed by atoms with Gasteiger partial charge in [-0.15, -0.1) is 0 Å².